The summed E-state index contributed by atoms with van der Waals surface area (Å²) in [5, 5.41) is 8.36. The Morgan fingerprint density at radius 2 is 1.97 bits per heavy atom. The molecule has 0 bridgehead atoms. The molecule has 0 radical (unpaired) electrons. The molecule has 1 unspecified atom stereocenters. The normalized spacial score (nSPS) is 16.2. The molecule has 1 aliphatic heterocycles. The van der Waals surface area contributed by atoms with E-state index in [1.54, 1.807) is 30.9 Å². The molecule has 0 saturated heterocycles. The van der Waals surface area contributed by atoms with Crippen LogP contribution in [0, 0.1) is 6.92 Å². The number of benzene rings is 1. The van der Waals surface area contributed by atoms with Gasteiger partial charge in [0, 0.05) is 23.6 Å². The van der Waals surface area contributed by atoms with Gasteiger partial charge in [0.2, 0.25) is 0 Å². The smallest absolute Gasteiger partial charge is 0.256 e. The highest BCUT2D eigenvalue weighted by atomic mass is 19.3. The number of amides is 1. The molecule has 8 nitrogen and oxygen atoms in total. The summed E-state index contributed by atoms with van der Waals surface area (Å²) in [6.07, 6.45) is 5.27. The fraction of sp³-hybridized carbons (Fsp3) is 0.261. The van der Waals surface area contributed by atoms with Crippen molar-refractivity contribution >= 4 is 11.6 Å². The van der Waals surface area contributed by atoms with Crippen molar-refractivity contribution in [3.8, 4) is 17.1 Å². The standard InChI is InChI=1S/C23H21F2N7O/c1-15-11-30(14-27-15)22-9-7-17(10-26-22)18-12-32(29-28-18)20-8-6-16-4-2-3-5-19(16)31(23(20)33)13-21(24)25/h2-5,7,9-12,14,20-21H,6,8,13H2,1H3. The number of alkyl halides is 2. The van der Waals surface area contributed by atoms with E-state index in [1.807, 2.05) is 42.0 Å². The van der Waals surface area contributed by atoms with Gasteiger partial charge in [-0.3, -0.25) is 9.36 Å². The Balaban J connectivity index is 1.41. The number of fused-ring (bicyclic) bond motifs is 1. The number of aryl methyl sites for hydroxylation is 2. The number of aromatic nitrogens is 6. The summed E-state index contributed by atoms with van der Waals surface area (Å²) >= 11 is 0. The lowest BCUT2D eigenvalue weighted by Gasteiger charge is -2.25. The maximum atomic E-state index is 13.3. The van der Waals surface area contributed by atoms with E-state index in [-0.39, 0.29) is 0 Å². The largest absolute Gasteiger partial charge is 0.305 e. The summed E-state index contributed by atoms with van der Waals surface area (Å²) in [4.78, 5) is 23.1. The van der Waals surface area contributed by atoms with Crippen molar-refractivity contribution in [1.82, 2.24) is 29.5 Å². The van der Waals surface area contributed by atoms with Gasteiger partial charge in [-0.1, -0.05) is 23.4 Å². The van der Waals surface area contributed by atoms with E-state index in [2.05, 4.69) is 20.3 Å². The molecule has 33 heavy (non-hydrogen) atoms. The Hall–Kier alpha value is -3.95. The van der Waals surface area contributed by atoms with Crippen LogP contribution in [-0.4, -0.2) is 48.4 Å². The third kappa shape index (κ3) is 4.11. The molecule has 4 aromatic rings. The van der Waals surface area contributed by atoms with Crippen LogP contribution >= 0.6 is 0 Å². The minimum absolute atomic E-state index is 0.416. The number of hydrogen-bond acceptors (Lipinski definition) is 5. The third-order valence-corrected chi connectivity index (χ3v) is 5.69. The molecule has 0 spiro atoms. The predicted molar refractivity (Wildman–Crippen MR) is 117 cm³/mol. The molecule has 1 aromatic carbocycles. The van der Waals surface area contributed by atoms with Crippen LogP contribution in [0.5, 0.6) is 0 Å². The van der Waals surface area contributed by atoms with Crippen LogP contribution in [0.2, 0.25) is 0 Å². The Morgan fingerprint density at radius 3 is 2.70 bits per heavy atom. The van der Waals surface area contributed by atoms with Crippen molar-refractivity contribution in [2.45, 2.75) is 32.2 Å². The van der Waals surface area contributed by atoms with Gasteiger partial charge in [0.1, 0.15) is 23.9 Å². The van der Waals surface area contributed by atoms with Crippen molar-refractivity contribution in [1.29, 1.82) is 0 Å². The second-order valence-corrected chi connectivity index (χ2v) is 7.93. The van der Waals surface area contributed by atoms with Gasteiger partial charge in [0.25, 0.3) is 12.3 Å². The van der Waals surface area contributed by atoms with Crippen molar-refractivity contribution in [3.63, 3.8) is 0 Å². The van der Waals surface area contributed by atoms with Gasteiger partial charge in [-0.25, -0.2) is 23.4 Å². The molecule has 0 saturated carbocycles. The third-order valence-electron chi connectivity index (χ3n) is 5.69. The van der Waals surface area contributed by atoms with E-state index >= 15 is 0 Å². The van der Waals surface area contributed by atoms with Gasteiger partial charge in [0.05, 0.1) is 18.4 Å². The fourth-order valence-electron chi connectivity index (χ4n) is 4.07. The van der Waals surface area contributed by atoms with E-state index in [1.165, 1.54) is 9.58 Å². The van der Waals surface area contributed by atoms with Gasteiger partial charge < -0.3 is 4.90 Å². The highest BCUT2D eigenvalue weighted by molar-refractivity contribution is 5.97. The summed E-state index contributed by atoms with van der Waals surface area (Å²) in [5.74, 6) is 0.298. The zero-order valence-electron chi connectivity index (χ0n) is 17.8. The van der Waals surface area contributed by atoms with Gasteiger partial charge in [-0.2, -0.15) is 0 Å². The number of rotatable bonds is 5. The summed E-state index contributed by atoms with van der Waals surface area (Å²) in [6, 6.07) is 10.1. The van der Waals surface area contributed by atoms with Crippen molar-refractivity contribution in [3.05, 3.63) is 72.6 Å². The number of hydrogen-bond donors (Lipinski definition) is 0. The minimum atomic E-state index is -2.64. The topological polar surface area (TPSA) is 81.7 Å². The molecule has 0 aliphatic carbocycles. The number of nitrogens with zero attached hydrogens (tertiary/aromatic N) is 7. The number of imidazole rings is 1. The van der Waals surface area contributed by atoms with Crippen LogP contribution in [0.1, 0.15) is 23.7 Å². The van der Waals surface area contributed by atoms with Gasteiger partial charge in [-0.15, -0.1) is 5.10 Å². The fourth-order valence-corrected chi connectivity index (χ4v) is 4.07. The van der Waals surface area contributed by atoms with Crippen molar-refractivity contribution in [2.75, 3.05) is 11.4 Å². The summed E-state index contributed by atoms with van der Waals surface area (Å²) in [5.41, 5.74) is 3.56. The molecule has 4 heterocycles. The van der Waals surface area contributed by atoms with E-state index in [4.69, 9.17) is 0 Å². The van der Waals surface area contributed by atoms with Crippen LogP contribution < -0.4 is 4.90 Å². The predicted octanol–water partition coefficient (Wildman–Crippen LogP) is 3.62. The SMILES string of the molecule is Cc1cn(-c2ccc(-c3cn(C4CCc5ccccc5N(CC(F)F)C4=O)nn3)cn2)cn1. The minimum Gasteiger partial charge on any atom is -0.305 e. The molecule has 0 fully saturated rings. The average molecular weight is 449 g/mol. The molecule has 5 rings (SSSR count). The molecule has 0 N–H and O–H groups in total. The second-order valence-electron chi connectivity index (χ2n) is 7.93. The van der Waals surface area contributed by atoms with Crippen molar-refractivity contribution in [2.24, 2.45) is 0 Å². The lowest BCUT2D eigenvalue weighted by Crippen LogP contribution is -2.39. The van der Waals surface area contributed by atoms with Gasteiger partial charge in [-0.05, 0) is 43.5 Å². The molecular formula is C23H21F2N7O. The second kappa shape index (κ2) is 8.53. The maximum Gasteiger partial charge on any atom is 0.256 e. The lowest BCUT2D eigenvalue weighted by molar-refractivity contribution is -0.122. The van der Waals surface area contributed by atoms with Crippen LogP contribution in [0.15, 0.2) is 61.3 Å². The maximum absolute atomic E-state index is 13.3. The van der Waals surface area contributed by atoms with Crippen LogP contribution in [-0.2, 0) is 11.2 Å². The molecule has 1 amide bonds. The first-order valence-corrected chi connectivity index (χ1v) is 10.6. The number of pyridine rings is 1. The summed E-state index contributed by atoms with van der Waals surface area (Å²) < 4.78 is 29.9. The lowest BCUT2D eigenvalue weighted by atomic mass is 10.1. The Morgan fingerprint density at radius 1 is 1.12 bits per heavy atom. The quantitative estimate of drug-likeness (QED) is 0.465. The first-order valence-electron chi connectivity index (χ1n) is 10.6. The zero-order valence-corrected chi connectivity index (χ0v) is 17.8. The van der Waals surface area contributed by atoms with Crippen LogP contribution in [0.4, 0.5) is 14.5 Å². The van der Waals surface area contributed by atoms with Crippen LogP contribution in [0.25, 0.3) is 17.1 Å². The molecule has 10 heteroatoms. The van der Waals surface area contributed by atoms with Gasteiger partial charge in [0.15, 0.2) is 0 Å². The Kier molecular flexibility index (Phi) is 5.41. The van der Waals surface area contributed by atoms with E-state index in [9.17, 15) is 13.6 Å². The first kappa shape index (κ1) is 20.9. The number of anilines is 1. The average Bonchev–Trinajstić information content (AvgIpc) is 3.45. The Bertz CT molecular complexity index is 1280. The highest BCUT2D eigenvalue weighted by Crippen LogP contribution is 2.32. The highest BCUT2D eigenvalue weighted by Gasteiger charge is 2.33. The number of carbonyl (C=O) groups is 1. The van der Waals surface area contributed by atoms with E-state index < -0.39 is 24.9 Å². The Labute approximate surface area is 188 Å². The number of para-hydroxylation sites is 1. The molecular weight excluding hydrogens is 428 g/mol. The van der Waals surface area contributed by atoms with Gasteiger partial charge >= 0.3 is 0 Å². The molecule has 1 atom stereocenters. The number of carbonyl (C=O) groups excluding carboxylic acids is 1. The molecule has 1 aliphatic rings. The van der Waals surface area contributed by atoms with E-state index in [0.29, 0.717) is 30.0 Å². The van der Waals surface area contributed by atoms with E-state index in [0.717, 1.165) is 16.8 Å². The monoisotopic (exact) mass is 449 g/mol. The number of halogens is 2. The molecule has 168 valence electrons. The zero-order chi connectivity index (χ0) is 22.9. The first-order chi connectivity index (χ1) is 16.0. The van der Waals surface area contributed by atoms with Crippen molar-refractivity contribution < 1.29 is 13.6 Å². The summed E-state index contributed by atoms with van der Waals surface area (Å²) in [7, 11) is 0. The summed E-state index contributed by atoms with van der Waals surface area (Å²) in [6.45, 7) is 1.24. The molecule has 3 aromatic heterocycles. The van der Waals surface area contributed by atoms with Crippen LogP contribution in [0.3, 0.4) is 0 Å².